The summed E-state index contributed by atoms with van der Waals surface area (Å²) in [7, 11) is 0. The molecule has 0 aliphatic rings. The minimum atomic E-state index is -0.330. The minimum absolute atomic E-state index is 0.151. The first-order chi connectivity index (χ1) is 5.97. The molecule has 0 aromatic carbocycles. The molecule has 0 saturated heterocycles. The Kier molecular flexibility index (Phi) is 2.76. The number of amides is 1. The second kappa shape index (κ2) is 3.50. The van der Waals surface area contributed by atoms with Gasteiger partial charge in [-0.1, -0.05) is 20.8 Å². The molecule has 1 aromatic heterocycles. The molecule has 0 unspecified atom stereocenters. The SMILES string of the molecule is CCC(C)(C)c1ccc(C(N)=O)s1. The van der Waals surface area contributed by atoms with Crippen molar-refractivity contribution in [3.63, 3.8) is 0 Å². The summed E-state index contributed by atoms with van der Waals surface area (Å²) in [5.74, 6) is -0.330. The van der Waals surface area contributed by atoms with Crippen LogP contribution in [-0.2, 0) is 5.41 Å². The van der Waals surface area contributed by atoms with Crippen molar-refractivity contribution in [1.82, 2.24) is 0 Å². The number of hydrogen-bond donors (Lipinski definition) is 1. The first-order valence-electron chi connectivity index (χ1n) is 4.37. The van der Waals surface area contributed by atoms with Crippen LogP contribution in [0.3, 0.4) is 0 Å². The molecule has 1 aromatic rings. The van der Waals surface area contributed by atoms with Gasteiger partial charge in [0.2, 0.25) is 0 Å². The summed E-state index contributed by atoms with van der Waals surface area (Å²) >= 11 is 1.50. The molecule has 2 N–H and O–H groups in total. The maximum absolute atomic E-state index is 10.9. The van der Waals surface area contributed by atoms with Crippen molar-refractivity contribution in [2.75, 3.05) is 0 Å². The minimum Gasteiger partial charge on any atom is -0.365 e. The number of thiophene rings is 1. The summed E-state index contributed by atoms with van der Waals surface area (Å²) in [6.45, 7) is 6.48. The molecule has 0 bridgehead atoms. The Morgan fingerprint density at radius 1 is 1.54 bits per heavy atom. The standard InChI is InChI=1S/C10H15NOS/c1-4-10(2,3)8-6-5-7(13-8)9(11)12/h5-6H,4H2,1-3H3,(H2,11,12). The third-order valence-electron chi connectivity index (χ3n) is 2.40. The van der Waals surface area contributed by atoms with E-state index in [-0.39, 0.29) is 11.3 Å². The van der Waals surface area contributed by atoms with Crippen molar-refractivity contribution in [3.8, 4) is 0 Å². The van der Waals surface area contributed by atoms with Crippen molar-refractivity contribution in [2.45, 2.75) is 32.6 Å². The van der Waals surface area contributed by atoms with Crippen LogP contribution in [0.4, 0.5) is 0 Å². The van der Waals surface area contributed by atoms with E-state index in [4.69, 9.17) is 5.73 Å². The molecule has 1 heterocycles. The number of carbonyl (C=O) groups is 1. The average molecular weight is 197 g/mol. The van der Waals surface area contributed by atoms with E-state index in [1.807, 2.05) is 6.07 Å². The van der Waals surface area contributed by atoms with E-state index in [1.54, 1.807) is 6.07 Å². The molecule has 1 rings (SSSR count). The second-order valence-electron chi connectivity index (χ2n) is 3.77. The second-order valence-corrected chi connectivity index (χ2v) is 4.85. The fourth-order valence-electron chi connectivity index (χ4n) is 1.01. The van der Waals surface area contributed by atoms with Crippen molar-refractivity contribution in [1.29, 1.82) is 0 Å². The van der Waals surface area contributed by atoms with Gasteiger partial charge >= 0.3 is 0 Å². The Morgan fingerprint density at radius 2 is 2.15 bits per heavy atom. The summed E-state index contributed by atoms with van der Waals surface area (Å²) in [4.78, 5) is 12.7. The maximum atomic E-state index is 10.9. The molecule has 0 aliphatic heterocycles. The van der Waals surface area contributed by atoms with Crippen molar-refractivity contribution in [2.24, 2.45) is 5.73 Å². The molecular formula is C10H15NOS. The van der Waals surface area contributed by atoms with Crippen LogP contribution in [0.25, 0.3) is 0 Å². The van der Waals surface area contributed by atoms with E-state index in [1.165, 1.54) is 16.2 Å². The summed E-state index contributed by atoms with van der Waals surface area (Å²) in [5, 5.41) is 0. The Labute approximate surface area is 82.8 Å². The van der Waals surface area contributed by atoms with Crippen LogP contribution < -0.4 is 5.73 Å². The highest BCUT2D eigenvalue weighted by molar-refractivity contribution is 7.14. The van der Waals surface area contributed by atoms with Gasteiger partial charge in [-0.25, -0.2) is 0 Å². The Morgan fingerprint density at radius 3 is 2.54 bits per heavy atom. The number of primary amides is 1. The molecule has 3 heteroatoms. The number of nitrogens with two attached hydrogens (primary N) is 1. The lowest BCUT2D eigenvalue weighted by Crippen LogP contribution is -2.13. The van der Waals surface area contributed by atoms with E-state index < -0.39 is 0 Å². The lowest BCUT2D eigenvalue weighted by Gasteiger charge is -2.20. The van der Waals surface area contributed by atoms with Crippen molar-refractivity contribution < 1.29 is 4.79 Å². The molecule has 0 spiro atoms. The molecule has 0 fully saturated rings. The van der Waals surface area contributed by atoms with Gasteiger partial charge in [-0.15, -0.1) is 11.3 Å². The highest BCUT2D eigenvalue weighted by Gasteiger charge is 2.20. The molecule has 1 amide bonds. The zero-order valence-corrected chi connectivity index (χ0v) is 9.07. The van der Waals surface area contributed by atoms with E-state index in [0.717, 1.165) is 6.42 Å². The molecule has 2 nitrogen and oxygen atoms in total. The summed E-state index contributed by atoms with van der Waals surface area (Å²) in [6.07, 6.45) is 1.06. The van der Waals surface area contributed by atoms with Gasteiger partial charge in [-0.2, -0.15) is 0 Å². The van der Waals surface area contributed by atoms with Gasteiger partial charge in [0.05, 0.1) is 4.88 Å². The Hall–Kier alpha value is -0.830. The zero-order chi connectivity index (χ0) is 10.1. The monoisotopic (exact) mass is 197 g/mol. The molecule has 72 valence electrons. The van der Waals surface area contributed by atoms with Gasteiger partial charge < -0.3 is 5.73 Å². The van der Waals surface area contributed by atoms with Crippen LogP contribution in [0, 0.1) is 0 Å². The van der Waals surface area contributed by atoms with E-state index in [9.17, 15) is 4.79 Å². The van der Waals surface area contributed by atoms with Crippen LogP contribution >= 0.6 is 11.3 Å². The topological polar surface area (TPSA) is 43.1 Å². The average Bonchev–Trinajstić information content (AvgIpc) is 2.52. The molecule has 0 aliphatic carbocycles. The van der Waals surface area contributed by atoms with Crippen LogP contribution in [0.5, 0.6) is 0 Å². The predicted octanol–water partition coefficient (Wildman–Crippen LogP) is 2.53. The van der Waals surface area contributed by atoms with Gasteiger partial charge in [0, 0.05) is 4.88 Å². The summed E-state index contributed by atoms with van der Waals surface area (Å²) in [6, 6.07) is 3.80. The van der Waals surface area contributed by atoms with E-state index >= 15 is 0 Å². The maximum Gasteiger partial charge on any atom is 0.258 e. The van der Waals surface area contributed by atoms with Crippen LogP contribution in [0.1, 0.15) is 41.7 Å². The van der Waals surface area contributed by atoms with Gasteiger partial charge in [-0.05, 0) is 24.0 Å². The highest BCUT2D eigenvalue weighted by Crippen LogP contribution is 2.32. The van der Waals surface area contributed by atoms with Crippen LogP contribution in [0.2, 0.25) is 0 Å². The first kappa shape index (κ1) is 10.3. The Balaban J connectivity index is 2.98. The lowest BCUT2D eigenvalue weighted by molar-refractivity contribution is 0.100. The first-order valence-corrected chi connectivity index (χ1v) is 5.19. The molecular weight excluding hydrogens is 182 g/mol. The fraction of sp³-hybridized carbons (Fsp3) is 0.500. The third-order valence-corrected chi connectivity index (χ3v) is 3.87. The van der Waals surface area contributed by atoms with E-state index in [0.29, 0.717) is 4.88 Å². The highest BCUT2D eigenvalue weighted by atomic mass is 32.1. The quantitative estimate of drug-likeness (QED) is 0.795. The van der Waals surface area contributed by atoms with Crippen molar-refractivity contribution >= 4 is 17.2 Å². The molecule has 0 radical (unpaired) electrons. The number of rotatable bonds is 3. The third kappa shape index (κ3) is 2.10. The zero-order valence-electron chi connectivity index (χ0n) is 8.26. The van der Waals surface area contributed by atoms with Gasteiger partial charge in [0.25, 0.3) is 5.91 Å². The predicted molar refractivity (Wildman–Crippen MR) is 56.2 cm³/mol. The number of hydrogen-bond acceptors (Lipinski definition) is 2. The normalized spacial score (nSPS) is 11.6. The van der Waals surface area contributed by atoms with Crippen LogP contribution in [0.15, 0.2) is 12.1 Å². The van der Waals surface area contributed by atoms with Crippen molar-refractivity contribution in [3.05, 3.63) is 21.9 Å². The molecule has 0 atom stereocenters. The summed E-state index contributed by atoms with van der Waals surface area (Å²) in [5.41, 5.74) is 5.33. The smallest absolute Gasteiger partial charge is 0.258 e. The van der Waals surface area contributed by atoms with Gasteiger partial charge in [0.15, 0.2) is 0 Å². The van der Waals surface area contributed by atoms with Gasteiger partial charge in [-0.3, -0.25) is 4.79 Å². The number of carbonyl (C=O) groups excluding carboxylic acids is 1. The van der Waals surface area contributed by atoms with E-state index in [2.05, 4.69) is 20.8 Å². The lowest BCUT2D eigenvalue weighted by atomic mass is 9.89. The molecule has 13 heavy (non-hydrogen) atoms. The summed E-state index contributed by atoms with van der Waals surface area (Å²) < 4.78 is 0. The van der Waals surface area contributed by atoms with Gasteiger partial charge in [0.1, 0.15) is 0 Å². The largest absolute Gasteiger partial charge is 0.365 e. The fourth-order valence-corrected chi connectivity index (χ4v) is 2.04. The van der Waals surface area contributed by atoms with Crippen LogP contribution in [-0.4, -0.2) is 5.91 Å². The molecule has 0 saturated carbocycles. The Bertz CT molecular complexity index is 314.